The van der Waals surface area contributed by atoms with Crippen LogP contribution in [0.2, 0.25) is 0 Å². The molecular formula is C21H20N4O2. The molecule has 0 aliphatic carbocycles. The van der Waals surface area contributed by atoms with E-state index in [2.05, 4.69) is 15.3 Å². The molecule has 1 atom stereocenters. The lowest BCUT2D eigenvalue weighted by molar-refractivity contribution is 0.0736. The number of nitrogens with zero attached hydrogens (tertiary/aromatic N) is 3. The zero-order valence-electron chi connectivity index (χ0n) is 15.2. The number of nitrogens with one attached hydrogen (secondary N) is 1. The highest BCUT2D eigenvalue weighted by Crippen LogP contribution is 2.23. The summed E-state index contributed by atoms with van der Waals surface area (Å²) in [5.74, 6) is -0.390. The maximum absolute atomic E-state index is 12.6. The average Bonchev–Trinajstić information content (AvgIpc) is 2.73. The molecule has 2 amide bonds. The number of benzene rings is 2. The van der Waals surface area contributed by atoms with Crippen molar-refractivity contribution in [2.45, 2.75) is 13.0 Å². The van der Waals surface area contributed by atoms with Gasteiger partial charge in [-0.25, -0.2) is 4.98 Å². The second-order valence-corrected chi connectivity index (χ2v) is 6.13. The minimum atomic E-state index is -0.214. The van der Waals surface area contributed by atoms with Gasteiger partial charge in [-0.1, -0.05) is 30.3 Å². The van der Waals surface area contributed by atoms with Crippen molar-refractivity contribution in [3.8, 4) is 0 Å². The molecule has 27 heavy (non-hydrogen) atoms. The van der Waals surface area contributed by atoms with Gasteiger partial charge in [-0.05, 0) is 36.8 Å². The summed E-state index contributed by atoms with van der Waals surface area (Å²) in [7, 11) is 1.72. The molecule has 0 saturated carbocycles. The monoisotopic (exact) mass is 360 g/mol. The van der Waals surface area contributed by atoms with E-state index < -0.39 is 0 Å². The van der Waals surface area contributed by atoms with Crippen LogP contribution in [0.15, 0.2) is 73.2 Å². The molecule has 0 radical (unpaired) electrons. The Bertz CT molecular complexity index is 929. The first-order chi connectivity index (χ1) is 13.1. The third kappa shape index (κ3) is 4.36. The van der Waals surface area contributed by atoms with Crippen molar-refractivity contribution >= 4 is 17.5 Å². The zero-order chi connectivity index (χ0) is 19.2. The van der Waals surface area contributed by atoms with Crippen LogP contribution in [0.25, 0.3) is 0 Å². The number of amides is 2. The first-order valence-electron chi connectivity index (χ1n) is 8.56. The average molecular weight is 360 g/mol. The van der Waals surface area contributed by atoms with Crippen molar-refractivity contribution in [3.05, 3.63) is 90.0 Å². The summed E-state index contributed by atoms with van der Waals surface area (Å²) in [5, 5.41) is 2.89. The van der Waals surface area contributed by atoms with Crippen LogP contribution < -0.4 is 5.32 Å². The summed E-state index contributed by atoms with van der Waals surface area (Å²) in [6.45, 7) is 1.92. The molecule has 3 aromatic rings. The topological polar surface area (TPSA) is 75.2 Å². The fourth-order valence-corrected chi connectivity index (χ4v) is 2.66. The quantitative estimate of drug-likeness (QED) is 0.755. The Hall–Kier alpha value is -3.54. The van der Waals surface area contributed by atoms with Crippen LogP contribution in [0.5, 0.6) is 0 Å². The summed E-state index contributed by atoms with van der Waals surface area (Å²) in [5.41, 5.74) is 2.46. The van der Waals surface area contributed by atoms with Crippen molar-refractivity contribution in [1.82, 2.24) is 14.9 Å². The Morgan fingerprint density at radius 2 is 1.81 bits per heavy atom. The highest BCUT2D eigenvalue weighted by atomic mass is 16.2. The molecule has 0 unspecified atom stereocenters. The van der Waals surface area contributed by atoms with Crippen LogP contribution >= 0.6 is 0 Å². The summed E-state index contributed by atoms with van der Waals surface area (Å²) >= 11 is 0. The van der Waals surface area contributed by atoms with Gasteiger partial charge in [0.1, 0.15) is 5.69 Å². The van der Waals surface area contributed by atoms with Crippen LogP contribution in [0.3, 0.4) is 0 Å². The van der Waals surface area contributed by atoms with E-state index in [0.717, 1.165) is 5.56 Å². The summed E-state index contributed by atoms with van der Waals surface area (Å²) < 4.78 is 0. The fourth-order valence-electron chi connectivity index (χ4n) is 2.66. The molecule has 0 bridgehead atoms. The predicted octanol–water partition coefficient (Wildman–Crippen LogP) is 3.56. The number of aromatic nitrogens is 2. The van der Waals surface area contributed by atoms with Crippen molar-refractivity contribution in [2.24, 2.45) is 0 Å². The van der Waals surface area contributed by atoms with E-state index in [4.69, 9.17) is 0 Å². The number of rotatable bonds is 5. The Labute approximate surface area is 157 Å². The molecule has 3 rings (SSSR count). The molecule has 0 aliphatic rings. The molecule has 2 aromatic carbocycles. The molecule has 1 aromatic heterocycles. The van der Waals surface area contributed by atoms with E-state index >= 15 is 0 Å². The van der Waals surface area contributed by atoms with Crippen LogP contribution in [0, 0.1) is 0 Å². The fraction of sp³-hybridized carbons (Fsp3) is 0.143. The van der Waals surface area contributed by atoms with E-state index in [9.17, 15) is 9.59 Å². The molecule has 0 spiro atoms. The van der Waals surface area contributed by atoms with Crippen LogP contribution in [-0.2, 0) is 0 Å². The normalized spacial score (nSPS) is 11.5. The number of carbonyl (C=O) groups is 2. The van der Waals surface area contributed by atoms with Gasteiger partial charge in [0.15, 0.2) is 0 Å². The van der Waals surface area contributed by atoms with Gasteiger partial charge < -0.3 is 10.2 Å². The van der Waals surface area contributed by atoms with Crippen LogP contribution in [0.1, 0.15) is 39.4 Å². The lowest BCUT2D eigenvalue weighted by Gasteiger charge is -2.25. The molecular weight excluding hydrogens is 340 g/mol. The van der Waals surface area contributed by atoms with Crippen LogP contribution in [-0.4, -0.2) is 33.7 Å². The lowest BCUT2D eigenvalue weighted by atomic mass is 10.1. The van der Waals surface area contributed by atoms with Gasteiger partial charge in [-0.2, -0.15) is 0 Å². The minimum Gasteiger partial charge on any atom is -0.334 e. The lowest BCUT2D eigenvalue weighted by Crippen LogP contribution is -2.30. The molecule has 0 fully saturated rings. The first-order valence-corrected chi connectivity index (χ1v) is 8.56. The Morgan fingerprint density at radius 3 is 2.52 bits per heavy atom. The number of carbonyl (C=O) groups excluding carboxylic acids is 2. The van der Waals surface area contributed by atoms with Gasteiger partial charge in [0.05, 0.1) is 12.2 Å². The highest BCUT2D eigenvalue weighted by Gasteiger charge is 2.20. The smallest absolute Gasteiger partial charge is 0.274 e. The Balaban J connectivity index is 1.74. The third-order valence-corrected chi connectivity index (χ3v) is 4.35. The second-order valence-electron chi connectivity index (χ2n) is 6.13. The molecule has 136 valence electrons. The minimum absolute atomic E-state index is 0.176. The largest absolute Gasteiger partial charge is 0.334 e. The van der Waals surface area contributed by atoms with Gasteiger partial charge in [-0.3, -0.25) is 14.6 Å². The van der Waals surface area contributed by atoms with Crippen molar-refractivity contribution in [3.63, 3.8) is 0 Å². The number of hydrogen-bond donors (Lipinski definition) is 1. The van der Waals surface area contributed by atoms with Crippen molar-refractivity contribution in [2.75, 3.05) is 12.4 Å². The standard InChI is InChI=1S/C21H20N4O2/c1-15(25(2)21(27)19-14-22-11-12-23-19)17-9-6-10-18(13-17)24-20(26)16-7-4-3-5-8-16/h3-15H,1-2H3,(H,24,26)/t15-/m1/s1. The van der Waals surface area contributed by atoms with E-state index in [0.29, 0.717) is 16.9 Å². The van der Waals surface area contributed by atoms with E-state index in [-0.39, 0.29) is 17.9 Å². The summed E-state index contributed by atoms with van der Waals surface area (Å²) in [4.78, 5) is 34.5. The van der Waals surface area contributed by atoms with Crippen molar-refractivity contribution < 1.29 is 9.59 Å². The molecule has 6 heteroatoms. The van der Waals surface area contributed by atoms with Gasteiger partial charge in [0.25, 0.3) is 11.8 Å². The van der Waals surface area contributed by atoms with Crippen molar-refractivity contribution in [1.29, 1.82) is 0 Å². The first kappa shape index (κ1) is 18.3. The molecule has 1 heterocycles. The van der Waals surface area contributed by atoms with E-state index in [1.54, 1.807) is 24.1 Å². The van der Waals surface area contributed by atoms with Crippen LogP contribution in [0.4, 0.5) is 5.69 Å². The third-order valence-electron chi connectivity index (χ3n) is 4.35. The van der Waals surface area contributed by atoms with E-state index in [1.165, 1.54) is 18.6 Å². The molecule has 0 aliphatic heterocycles. The molecule has 1 N–H and O–H groups in total. The number of anilines is 1. The maximum atomic E-state index is 12.6. The number of hydrogen-bond acceptors (Lipinski definition) is 4. The zero-order valence-corrected chi connectivity index (χ0v) is 15.2. The van der Waals surface area contributed by atoms with Gasteiger partial charge in [-0.15, -0.1) is 0 Å². The Kier molecular flexibility index (Phi) is 5.56. The second kappa shape index (κ2) is 8.23. The van der Waals surface area contributed by atoms with Gasteiger partial charge >= 0.3 is 0 Å². The van der Waals surface area contributed by atoms with Gasteiger partial charge in [0, 0.05) is 30.7 Å². The predicted molar refractivity (Wildman–Crippen MR) is 103 cm³/mol. The molecule has 6 nitrogen and oxygen atoms in total. The summed E-state index contributed by atoms with van der Waals surface area (Å²) in [6.07, 6.45) is 4.46. The maximum Gasteiger partial charge on any atom is 0.274 e. The SMILES string of the molecule is C[C@H](c1cccc(NC(=O)c2ccccc2)c1)N(C)C(=O)c1cnccn1. The summed E-state index contributed by atoms with van der Waals surface area (Å²) in [6, 6.07) is 16.3. The molecule has 0 saturated heterocycles. The highest BCUT2D eigenvalue weighted by molar-refractivity contribution is 6.04. The Morgan fingerprint density at radius 1 is 1.04 bits per heavy atom. The van der Waals surface area contributed by atoms with Gasteiger partial charge in [0.2, 0.25) is 0 Å². The van der Waals surface area contributed by atoms with E-state index in [1.807, 2.05) is 49.4 Å².